The summed E-state index contributed by atoms with van der Waals surface area (Å²) in [6.07, 6.45) is 10.9. The molecule has 1 aliphatic rings. The minimum atomic E-state index is -0.496. The molecular weight excluding hydrogens is 324 g/mol. The molecule has 1 fully saturated rings. The second-order valence-corrected chi connectivity index (χ2v) is 6.58. The minimum Gasteiger partial charge on any atom is -0.339 e. The lowest BCUT2D eigenvalue weighted by atomic mass is 9.69. The van der Waals surface area contributed by atoms with Gasteiger partial charge in [-0.2, -0.15) is 0 Å². The van der Waals surface area contributed by atoms with Gasteiger partial charge in [0.15, 0.2) is 0 Å². The number of nitrogens with two attached hydrogens (primary N) is 1. The predicted molar refractivity (Wildman–Crippen MR) is 95.5 cm³/mol. The van der Waals surface area contributed by atoms with Crippen molar-refractivity contribution in [3.05, 3.63) is 36.3 Å². The van der Waals surface area contributed by atoms with E-state index < -0.39 is 5.97 Å². The van der Waals surface area contributed by atoms with E-state index in [0.717, 1.165) is 36.9 Å². The number of carbonyl (C=O) groups is 1. The van der Waals surface area contributed by atoms with Gasteiger partial charge < -0.3 is 15.0 Å². The highest BCUT2D eigenvalue weighted by Crippen LogP contribution is 2.43. The van der Waals surface area contributed by atoms with E-state index in [1.807, 2.05) is 22.9 Å². The molecule has 2 N–H and O–H groups in total. The lowest BCUT2D eigenvalue weighted by Gasteiger charge is -2.40. The van der Waals surface area contributed by atoms with Crippen molar-refractivity contribution < 1.29 is 9.63 Å². The van der Waals surface area contributed by atoms with Crippen molar-refractivity contribution in [1.82, 2.24) is 14.4 Å². The number of fused-ring (bicyclic) bond motifs is 1. The maximum atomic E-state index is 11.6. The lowest BCUT2D eigenvalue weighted by molar-refractivity contribution is -0.167. The van der Waals surface area contributed by atoms with Crippen molar-refractivity contribution in [3.63, 3.8) is 0 Å². The molecule has 2 heterocycles. The highest BCUT2D eigenvalue weighted by atomic mass is 32.1. The predicted octanol–water partition coefficient (Wildman–Crippen LogP) is 2.21. The largest absolute Gasteiger partial charge is 0.345 e. The molecule has 0 radical (unpaired) electrons. The summed E-state index contributed by atoms with van der Waals surface area (Å²) in [5.74, 6) is -0.496. The van der Waals surface area contributed by atoms with E-state index in [0.29, 0.717) is 4.99 Å². The summed E-state index contributed by atoms with van der Waals surface area (Å²) in [5.41, 5.74) is 6.99. The number of thiocarbonyl (C=S) groups is 1. The molecule has 0 aliphatic heterocycles. The van der Waals surface area contributed by atoms with Gasteiger partial charge >= 0.3 is 5.97 Å². The number of rotatable bonds is 3. The van der Waals surface area contributed by atoms with Crippen LogP contribution in [0.1, 0.15) is 37.7 Å². The van der Waals surface area contributed by atoms with Crippen LogP contribution in [0, 0.1) is 0 Å². The van der Waals surface area contributed by atoms with Crippen LogP contribution in [-0.2, 0) is 15.0 Å². The third-order valence-electron chi connectivity index (χ3n) is 4.74. The van der Waals surface area contributed by atoms with Crippen LogP contribution in [0.4, 0.5) is 0 Å². The molecule has 2 aromatic heterocycles. The van der Waals surface area contributed by atoms with E-state index in [9.17, 15) is 4.79 Å². The van der Waals surface area contributed by atoms with Gasteiger partial charge in [0.2, 0.25) is 0 Å². The van der Waals surface area contributed by atoms with Crippen molar-refractivity contribution in [2.24, 2.45) is 5.73 Å². The summed E-state index contributed by atoms with van der Waals surface area (Å²) >= 11 is 5.76. The fourth-order valence-electron chi connectivity index (χ4n) is 3.61. The van der Waals surface area contributed by atoms with Crippen LogP contribution in [0.3, 0.4) is 0 Å². The maximum Gasteiger partial charge on any atom is 0.345 e. The first kappa shape index (κ1) is 16.9. The number of imidazole rings is 1. The second-order valence-electron chi connectivity index (χ2n) is 6.19. The molecule has 3 rings (SSSR count). The molecule has 0 bridgehead atoms. The van der Waals surface area contributed by atoms with Crippen molar-refractivity contribution in [2.75, 3.05) is 13.6 Å². The van der Waals surface area contributed by atoms with E-state index >= 15 is 0 Å². The summed E-state index contributed by atoms with van der Waals surface area (Å²) in [5, 5.41) is 1.41. The van der Waals surface area contributed by atoms with Crippen LogP contribution in [0.15, 0.2) is 30.7 Å². The Morgan fingerprint density at radius 3 is 2.88 bits per heavy atom. The molecule has 0 atom stereocenters. The molecule has 0 saturated heterocycles. The van der Waals surface area contributed by atoms with Gasteiger partial charge in [0.05, 0.1) is 12.0 Å². The highest BCUT2D eigenvalue weighted by Gasteiger charge is 2.42. The molecule has 0 unspecified atom stereocenters. The standard InChI is InChI=1S/C17H22N4O2S/c1-20(23-14(22)12-18)16(24)17(7-3-2-4-8-17)13-6-5-10-21-11-9-19-15(13)21/h5-6,9-11H,2-4,7-8,12,18H2,1H3. The van der Waals surface area contributed by atoms with Gasteiger partial charge in [-0.25, -0.2) is 14.8 Å². The van der Waals surface area contributed by atoms with Crippen molar-refractivity contribution >= 4 is 28.8 Å². The number of hydrogen-bond donors (Lipinski definition) is 1. The van der Waals surface area contributed by atoms with Crippen LogP contribution in [0.2, 0.25) is 0 Å². The average molecular weight is 346 g/mol. The Labute approximate surface area is 146 Å². The fourth-order valence-corrected chi connectivity index (χ4v) is 3.96. The van der Waals surface area contributed by atoms with Crippen molar-refractivity contribution in [2.45, 2.75) is 37.5 Å². The zero-order valence-electron chi connectivity index (χ0n) is 13.8. The van der Waals surface area contributed by atoms with Crippen LogP contribution in [0.25, 0.3) is 5.65 Å². The van der Waals surface area contributed by atoms with E-state index in [-0.39, 0.29) is 12.0 Å². The van der Waals surface area contributed by atoms with Crippen molar-refractivity contribution in [3.8, 4) is 0 Å². The first-order valence-corrected chi connectivity index (χ1v) is 8.60. The van der Waals surface area contributed by atoms with Crippen LogP contribution in [0.5, 0.6) is 0 Å². The molecule has 7 heteroatoms. The third kappa shape index (κ3) is 2.89. The highest BCUT2D eigenvalue weighted by molar-refractivity contribution is 7.80. The first-order valence-electron chi connectivity index (χ1n) is 8.20. The monoisotopic (exact) mass is 346 g/mol. The van der Waals surface area contributed by atoms with Gasteiger partial charge in [-0.15, -0.1) is 0 Å². The Morgan fingerprint density at radius 2 is 2.17 bits per heavy atom. The normalized spacial score (nSPS) is 16.8. The van der Waals surface area contributed by atoms with Crippen LogP contribution in [-0.4, -0.2) is 39.0 Å². The average Bonchev–Trinajstić information content (AvgIpc) is 3.10. The summed E-state index contributed by atoms with van der Waals surface area (Å²) in [6, 6.07) is 4.09. The molecule has 128 valence electrons. The summed E-state index contributed by atoms with van der Waals surface area (Å²) in [7, 11) is 1.68. The van der Waals surface area contributed by atoms with E-state index in [4.69, 9.17) is 22.8 Å². The molecule has 0 spiro atoms. The van der Waals surface area contributed by atoms with Gasteiger partial charge in [0.1, 0.15) is 10.6 Å². The number of hydroxylamine groups is 2. The molecule has 1 aliphatic carbocycles. The lowest BCUT2D eigenvalue weighted by Crippen LogP contribution is -2.46. The Hall–Kier alpha value is -1.99. The van der Waals surface area contributed by atoms with E-state index in [2.05, 4.69) is 11.1 Å². The molecule has 0 amide bonds. The quantitative estimate of drug-likeness (QED) is 0.679. The number of hydrogen-bond acceptors (Lipinski definition) is 5. The Kier molecular flexibility index (Phi) is 4.82. The fraction of sp³-hybridized carbons (Fsp3) is 0.471. The molecular formula is C17H22N4O2S. The second kappa shape index (κ2) is 6.86. The summed E-state index contributed by atoms with van der Waals surface area (Å²) < 4.78 is 2.00. The maximum absolute atomic E-state index is 11.6. The Bertz CT molecular complexity index is 752. The zero-order valence-corrected chi connectivity index (χ0v) is 14.6. The number of nitrogens with zero attached hydrogens (tertiary/aromatic N) is 3. The number of aromatic nitrogens is 2. The van der Waals surface area contributed by atoms with Crippen LogP contribution >= 0.6 is 12.2 Å². The van der Waals surface area contributed by atoms with Gasteiger partial charge in [0, 0.05) is 31.2 Å². The first-order chi connectivity index (χ1) is 11.6. The molecule has 2 aromatic rings. The van der Waals surface area contributed by atoms with Gasteiger partial charge in [-0.3, -0.25) is 0 Å². The Balaban J connectivity index is 2.03. The Morgan fingerprint density at radius 1 is 1.42 bits per heavy atom. The third-order valence-corrected chi connectivity index (χ3v) is 5.39. The van der Waals surface area contributed by atoms with Gasteiger partial charge in [-0.05, 0) is 18.9 Å². The summed E-state index contributed by atoms with van der Waals surface area (Å²) in [4.78, 5) is 21.9. The van der Waals surface area contributed by atoms with E-state index in [1.54, 1.807) is 13.2 Å². The SMILES string of the molecule is CN(OC(=O)CN)C(=S)C1(c2cccn3ccnc23)CCCCC1. The summed E-state index contributed by atoms with van der Waals surface area (Å²) in [6.45, 7) is -0.171. The number of pyridine rings is 1. The number of carbonyl (C=O) groups excluding carboxylic acids is 1. The van der Waals surface area contributed by atoms with Crippen molar-refractivity contribution in [1.29, 1.82) is 0 Å². The minimum absolute atomic E-state index is 0.171. The van der Waals surface area contributed by atoms with Gasteiger partial charge in [-0.1, -0.05) is 37.5 Å². The zero-order chi connectivity index (χ0) is 17.2. The van der Waals surface area contributed by atoms with Gasteiger partial charge in [0.25, 0.3) is 0 Å². The topological polar surface area (TPSA) is 72.9 Å². The van der Waals surface area contributed by atoms with Crippen LogP contribution < -0.4 is 5.73 Å². The molecule has 0 aromatic carbocycles. The molecule has 6 nitrogen and oxygen atoms in total. The van der Waals surface area contributed by atoms with E-state index in [1.165, 1.54) is 11.5 Å². The molecule has 24 heavy (non-hydrogen) atoms. The smallest absolute Gasteiger partial charge is 0.339 e. The molecule has 1 saturated carbocycles. The number of likely N-dealkylation sites (N-methyl/N-ethyl adjacent to an activating group) is 1.